The van der Waals surface area contributed by atoms with Crippen LogP contribution in [0.5, 0.6) is 0 Å². The summed E-state index contributed by atoms with van der Waals surface area (Å²) in [7, 11) is 1.85. The second kappa shape index (κ2) is 5.64. The lowest BCUT2D eigenvalue weighted by atomic mass is 9.96. The van der Waals surface area contributed by atoms with Crippen molar-refractivity contribution in [2.24, 2.45) is 0 Å². The van der Waals surface area contributed by atoms with Crippen LogP contribution in [0.25, 0.3) is 0 Å². The fourth-order valence-electron chi connectivity index (χ4n) is 2.76. The molecule has 1 unspecified atom stereocenters. The Hall–Kier alpha value is -1.61. The standard InChI is InChI=1S/C18H18BrNO/c1-12-3-5-13(6-4-12)18(19)15-7-9-16-14(11-15)8-10-17(21)20(16)2/h3-7,9,11,18H,8,10H2,1-2H3. The molecule has 2 aromatic carbocycles. The van der Waals surface area contributed by atoms with Crippen LogP contribution in [0.2, 0.25) is 0 Å². The first-order chi connectivity index (χ1) is 10.1. The van der Waals surface area contributed by atoms with E-state index < -0.39 is 0 Å². The molecule has 3 rings (SSSR count). The average Bonchev–Trinajstić information content (AvgIpc) is 2.51. The van der Waals surface area contributed by atoms with Crippen molar-refractivity contribution < 1.29 is 4.79 Å². The lowest BCUT2D eigenvalue weighted by molar-refractivity contribution is -0.118. The van der Waals surface area contributed by atoms with Gasteiger partial charge < -0.3 is 4.90 Å². The SMILES string of the molecule is Cc1ccc(C(Br)c2ccc3c(c2)CCC(=O)N3C)cc1. The molecule has 0 radical (unpaired) electrons. The molecule has 3 heteroatoms. The highest BCUT2D eigenvalue weighted by molar-refractivity contribution is 9.09. The number of carbonyl (C=O) groups excluding carboxylic acids is 1. The molecule has 0 aliphatic carbocycles. The van der Waals surface area contributed by atoms with Crippen LogP contribution in [0.1, 0.15) is 33.5 Å². The number of halogens is 1. The van der Waals surface area contributed by atoms with Crippen molar-refractivity contribution in [3.8, 4) is 0 Å². The third-order valence-electron chi connectivity index (χ3n) is 4.11. The molecule has 0 saturated heterocycles. The number of anilines is 1. The summed E-state index contributed by atoms with van der Waals surface area (Å²) in [5.74, 6) is 0.198. The third kappa shape index (κ3) is 2.75. The van der Waals surface area contributed by atoms with Gasteiger partial charge >= 0.3 is 0 Å². The second-order valence-electron chi connectivity index (χ2n) is 5.61. The largest absolute Gasteiger partial charge is 0.315 e. The molecule has 1 heterocycles. The summed E-state index contributed by atoms with van der Waals surface area (Å²) < 4.78 is 0. The Morgan fingerprint density at radius 2 is 1.71 bits per heavy atom. The minimum absolute atomic E-state index is 0.186. The Kier molecular flexibility index (Phi) is 3.85. The van der Waals surface area contributed by atoms with Crippen LogP contribution in [-0.2, 0) is 11.2 Å². The first kappa shape index (κ1) is 14.3. The van der Waals surface area contributed by atoms with Crippen LogP contribution in [0.4, 0.5) is 5.69 Å². The van der Waals surface area contributed by atoms with Crippen molar-refractivity contribution in [2.45, 2.75) is 24.6 Å². The first-order valence-corrected chi connectivity index (χ1v) is 8.08. The van der Waals surface area contributed by atoms with Gasteiger partial charge in [-0.1, -0.05) is 57.9 Å². The Labute approximate surface area is 133 Å². The van der Waals surface area contributed by atoms with E-state index in [0.29, 0.717) is 6.42 Å². The van der Waals surface area contributed by atoms with Crippen LogP contribution in [0.3, 0.4) is 0 Å². The third-order valence-corrected chi connectivity index (χ3v) is 5.17. The van der Waals surface area contributed by atoms with E-state index >= 15 is 0 Å². The fourth-order valence-corrected chi connectivity index (χ4v) is 3.35. The Bertz CT molecular complexity index is 678. The summed E-state index contributed by atoms with van der Waals surface area (Å²) >= 11 is 3.79. The molecule has 0 bridgehead atoms. The number of hydrogen-bond donors (Lipinski definition) is 0. The number of alkyl halides is 1. The molecule has 0 aromatic heterocycles. The number of hydrogen-bond acceptors (Lipinski definition) is 1. The first-order valence-electron chi connectivity index (χ1n) is 7.16. The molecule has 0 fully saturated rings. The van der Waals surface area contributed by atoms with Crippen LogP contribution >= 0.6 is 15.9 Å². The van der Waals surface area contributed by atoms with E-state index in [0.717, 1.165) is 12.1 Å². The molecule has 21 heavy (non-hydrogen) atoms. The molecular formula is C18H18BrNO. The minimum atomic E-state index is 0.186. The van der Waals surface area contributed by atoms with Crippen LogP contribution in [-0.4, -0.2) is 13.0 Å². The molecule has 1 atom stereocenters. The van der Waals surface area contributed by atoms with E-state index in [4.69, 9.17) is 0 Å². The van der Waals surface area contributed by atoms with Crippen molar-refractivity contribution in [3.05, 3.63) is 64.7 Å². The van der Waals surface area contributed by atoms with Crippen molar-refractivity contribution in [1.29, 1.82) is 0 Å². The topological polar surface area (TPSA) is 20.3 Å². The molecule has 0 spiro atoms. The lowest BCUT2D eigenvalue weighted by Crippen LogP contribution is -2.31. The number of rotatable bonds is 2. The minimum Gasteiger partial charge on any atom is -0.315 e. The Morgan fingerprint density at radius 1 is 1.05 bits per heavy atom. The van der Waals surface area contributed by atoms with Gasteiger partial charge in [-0.3, -0.25) is 4.79 Å². The normalized spacial score (nSPS) is 15.8. The Morgan fingerprint density at radius 3 is 2.43 bits per heavy atom. The van der Waals surface area contributed by atoms with E-state index in [1.165, 1.54) is 22.3 Å². The molecule has 2 nitrogen and oxygen atoms in total. The zero-order valence-electron chi connectivity index (χ0n) is 12.3. The van der Waals surface area contributed by atoms with Gasteiger partial charge in [0.2, 0.25) is 5.91 Å². The van der Waals surface area contributed by atoms with Gasteiger partial charge in [-0.15, -0.1) is 0 Å². The summed E-state index contributed by atoms with van der Waals surface area (Å²) in [6.07, 6.45) is 1.43. The number of fused-ring (bicyclic) bond motifs is 1. The molecule has 2 aromatic rings. The van der Waals surface area contributed by atoms with E-state index in [9.17, 15) is 4.79 Å². The van der Waals surface area contributed by atoms with Crippen LogP contribution in [0.15, 0.2) is 42.5 Å². The van der Waals surface area contributed by atoms with E-state index in [1.54, 1.807) is 4.90 Å². The molecule has 108 valence electrons. The highest BCUT2D eigenvalue weighted by Gasteiger charge is 2.22. The van der Waals surface area contributed by atoms with E-state index in [2.05, 4.69) is 65.3 Å². The van der Waals surface area contributed by atoms with E-state index in [-0.39, 0.29) is 10.7 Å². The maximum atomic E-state index is 11.7. The Balaban J connectivity index is 1.93. The molecule has 0 N–H and O–H groups in total. The predicted molar refractivity (Wildman–Crippen MR) is 90.1 cm³/mol. The molecule has 1 aliphatic heterocycles. The predicted octanol–water partition coefficient (Wildman–Crippen LogP) is 4.39. The van der Waals surface area contributed by atoms with Gasteiger partial charge in [-0.25, -0.2) is 0 Å². The number of carbonyl (C=O) groups is 1. The van der Waals surface area contributed by atoms with E-state index in [1.807, 2.05) is 7.05 Å². The van der Waals surface area contributed by atoms with Gasteiger partial charge in [0.25, 0.3) is 0 Å². The quantitative estimate of drug-likeness (QED) is 0.740. The van der Waals surface area contributed by atoms with Crippen molar-refractivity contribution >= 4 is 27.5 Å². The summed E-state index contributed by atoms with van der Waals surface area (Å²) in [4.78, 5) is 13.7. The molecule has 1 amide bonds. The summed E-state index contributed by atoms with van der Waals surface area (Å²) in [6, 6.07) is 15.0. The number of amides is 1. The zero-order chi connectivity index (χ0) is 15.0. The molecule has 0 saturated carbocycles. The maximum absolute atomic E-state index is 11.7. The fraction of sp³-hybridized carbons (Fsp3) is 0.278. The summed E-state index contributed by atoms with van der Waals surface area (Å²) in [5.41, 5.74) is 6.05. The zero-order valence-corrected chi connectivity index (χ0v) is 13.9. The second-order valence-corrected chi connectivity index (χ2v) is 6.53. The number of aryl methyl sites for hydroxylation is 2. The van der Waals surface area contributed by atoms with Gasteiger partial charge in [0.05, 0.1) is 4.83 Å². The van der Waals surface area contributed by atoms with Crippen molar-refractivity contribution in [1.82, 2.24) is 0 Å². The van der Waals surface area contributed by atoms with Gasteiger partial charge in [-0.05, 0) is 36.1 Å². The highest BCUT2D eigenvalue weighted by Crippen LogP contribution is 2.35. The highest BCUT2D eigenvalue weighted by atomic mass is 79.9. The molecule has 1 aliphatic rings. The van der Waals surface area contributed by atoms with Gasteiger partial charge in [0.1, 0.15) is 0 Å². The van der Waals surface area contributed by atoms with Gasteiger partial charge in [-0.2, -0.15) is 0 Å². The maximum Gasteiger partial charge on any atom is 0.227 e. The van der Waals surface area contributed by atoms with Crippen molar-refractivity contribution in [2.75, 3.05) is 11.9 Å². The lowest BCUT2D eigenvalue weighted by Gasteiger charge is -2.26. The van der Waals surface area contributed by atoms with Gasteiger partial charge in [0.15, 0.2) is 0 Å². The van der Waals surface area contributed by atoms with Gasteiger partial charge in [0, 0.05) is 19.2 Å². The number of nitrogens with zero attached hydrogens (tertiary/aromatic N) is 1. The summed E-state index contributed by atoms with van der Waals surface area (Å²) in [5, 5.41) is 0. The smallest absolute Gasteiger partial charge is 0.227 e. The van der Waals surface area contributed by atoms with Crippen molar-refractivity contribution in [3.63, 3.8) is 0 Å². The van der Waals surface area contributed by atoms with Crippen LogP contribution in [0, 0.1) is 6.92 Å². The monoisotopic (exact) mass is 343 g/mol. The molecular weight excluding hydrogens is 326 g/mol. The van der Waals surface area contributed by atoms with Crippen LogP contribution < -0.4 is 4.90 Å². The average molecular weight is 344 g/mol. The number of benzene rings is 2. The summed E-state index contributed by atoms with van der Waals surface area (Å²) in [6.45, 7) is 2.10.